The van der Waals surface area contributed by atoms with Gasteiger partial charge in [-0.2, -0.15) is 0 Å². The van der Waals surface area contributed by atoms with E-state index in [4.69, 9.17) is 8.83 Å². The van der Waals surface area contributed by atoms with Gasteiger partial charge in [0.1, 0.15) is 16.7 Å². The third-order valence-electron chi connectivity index (χ3n) is 9.68. The third kappa shape index (κ3) is 4.86. The number of fused-ring (bicyclic) bond motifs is 6. The standard InChI is InChI=1S/C46H29N3O2/c1-2-9-30(10-3-1)35-11-4-5-17-42(35)49(33-22-18-31(19-23-33)36-12-7-15-39-41-29-47-28-26-43(41)50-44(36)39)34-24-20-32(21-25-34)37-13-6-14-38-40-16-8-27-48-46(40)51-45(37)38/h1-29H. The number of benzene rings is 6. The lowest BCUT2D eigenvalue weighted by Gasteiger charge is -2.28. The van der Waals surface area contributed by atoms with Gasteiger partial charge in [0.25, 0.3) is 0 Å². The van der Waals surface area contributed by atoms with Gasteiger partial charge in [-0.25, -0.2) is 4.98 Å². The Morgan fingerprint density at radius 1 is 0.412 bits per heavy atom. The highest BCUT2D eigenvalue weighted by Crippen LogP contribution is 2.43. The molecule has 5 nitrogen and oxygen atoms in total. The van der Waals surface area contributed by atoms with Gasteiger partial charge in [-0.1, -0.05) is 109 Å². The Morgan fingerprint density at radius 2 is 1.00 bits per heavy atom. The smallest absolute Gasteiger partial charge is 0.227 e. The molecule has 4 aromatic heterocycles. The fourth-order valence-electron chi connectivity index (χ4n) is 7.27. The molecule has 6 aromatic carbocycles. The van der Waals surface area contributed by atoms with Crippen LogP contribution in [0.3, 0.4) is 0 Å². The molecule has 0 aliphatic carbocycles. The zero-order valence-corrected chi connectivity index (χ0v) is 27.4. The molecule has 10 aromatic rings. The Hall–Kier alpha value is -6.98. The Bertz CT molecular complexity index is 2700. The minimum Gasteiger partial charge on any atom is -0.455 e. The molecular weight excluding hydrogens is 627 g/mol. The van der Waals surface area contributed by atoms with Gasteiger partial charge in [0.2, 0.25) is 5.71 Å². The summed E-state index contributed by atoms with van der Waals surface area (Å²) in [4.78, 5) is 11.1. The lowest BCUT2D eigenvalue weighted by molar-refractivity contribution is 0.655. The predicted octanol–water partition coefficient (Wildman–Crippen LogP) is 12.7. The molecule has 0 saturated heterocycles. The van der Waals surface area contributed by atoms with E-state index in [1.807, 2.05) is 18.3 Å². The number of furan rings is 2. The summed E-state index contributed by atoms with van der Waals surface area (Å²) in [6.45, 7) is 0. The van der Waals surface area contributed by atoms with Gasteiger partial charge in [0, 0.05) is 68.2 Å². The first kappa shape index (κ1) is 29.0. The average molecular weight is 656 g/mol. The van der Waals surface area contributed by atoms with Crippen molar-refractivity contribution >= 4 is 61.1 Å². The molecule has 0 aliphatic rings. The van der Waals surface area contributed by atoms with E-state index in [9.17, 15) is 0 Å². The number of pyridine rings is 2. The number of hydrogen-bond acceptors (Lipinski definition) is 5. The lowest BCUT2D eigenvalue weighted by atomic mass is 9.99. The SMILES string of the molecule is c1ccc(-c2ccccc2N(c2ccc(-c3cccc4c3oc3ccncc34)cc2)c2ccc(-c3cccc4c3oc3ncccc34)cc2)cc1. The maximum absolute atomic E-state index is 6.35. The predicted molar refractivity (Wildman–Crippen MR) is 208 cm³/mol. The van der Waals surface area contributed by atoms with E-state index in [0.717, 1.165) is 88.7 Å². The van der Waals surface area contributed by atoms with Crippen molar-refractivity contribution in [2.24, 2.45) is 0 Å². The second kappa shape index (κ2) is 11.9. The molecule has 0 spiro atoms. The van der Waals surface area contributed by atoms with Crippen molar-refractivity contribution in [3.8, 4) is 33.4 Å². The van der Waals surface area contributed by atoms with Gasteiger partial charge in [-0.3, -0.25) is 4.98 Å². The number of rotatable bonds is 6. The van der Waals surface area contributed by atoms with Crippen molar-refractivity contribution in [2.45, 2.75) is 0 Å². The van der Waals surface area contributed by atoms with E-state index >= 15 is 0 Å². The summed E-state index contributed by atoms with van der Waals surface area (Å²) in [7, 11) is 0. The molecule has 5 heteroatoms. The Labute approximate surface area is 293 Å². The summed E-state index contributed by atoms with van der Waals surface area (Å²) in [6.07, 6.45) is 5.41. The van der Waals surface area contributed by atoms with Crippen LogP contribution in [0.5, 0.6) is 0 Å². The number of para-hydroxylation sites is 3. The zero-order chi connectivity index (χ0) is 33.7. The minimum absolute atomic E-state index is 0.650. The zero-order valence-electron chi connectivity index (χ0n) is 27.4. The van der Waals surface area contributed by atoms with E-state index < -0.39 is 0 Å². The van der Waals surface area contributed by atoms with Gasteiger partial charge in [-0.15, -0.1) is 0 Å². The fourth-order valence-corrected chi connectivity index (χ4v) is 7.27. The number of anilines is 3. The molecule has 0 aliphatic heterocycles. The second-order valence-corrected chi connectivity index (χ2v) is 12.6. The largest absolute Gasteiger partial charge is 0.455 e. The number of aromatic nitrogens is 2. The molecule has 240 valence electrons. The van der Waals surface area contributed by atoms with Crippen LogP contribution in [0.1, 0.15) is 0 Å². The van der Waals surface area contributed by atoms with Crippen molar-refractivity contribution in [1.82, 2.24) is 9.97 Å². The molecule has 0 unspecified atom stereocenters. The van der Waals surface area contributed by atoms with Crippen LogP contribution in [-0.2, 0) is 0 Å². The van der Waals surface area contributed by atoms with E-state index in [-0.39, 0.29) is 0 Å². The lowest BCUT2D eigenvalue weighted by Crippen LogP contribution is -2.11. The molecule has 0 saturated carbocycles. The highest BCUT2D eigenvalue weighted by molar-refractivity contribution is 6.10. The minimum atomic E-state index is 0.650. The van der Waals surface area contributed by atoms with Crippen LogP contribution in [0.15, 0.2) is 185 Å². The van der Waals surface area contributed by atoms with Gasteiger partial charge in [0.15, 0.2) is 0 Å². The highest BCUT2D eigenvalue weighted by atomic mass is 16.3. The Morgan fingerprint density at radius 3 is 1.73 bits per heavy atom. The molecule has 0 atom stereocenters. The second-order valence-electron chi connectivity index (χ2n) is 12.6. The first-order valence-electron chi connectivity index (χ1n) is 17.0. The molecular formula is C46H29N3O2. The first-order chi connectivity index (χ1) is 25.3. The van der Waals surface area contributed by atoms with Crippen LogP contribution in [0.25, 0.3) is 77.4 Å². The molecule has 0 bridgehead atoms. The normalized spacial score (nSPS) is 11.5. The summed E-state index contributed by atoms with van der Waals surface area (Å²) < 4.78 is 12.6. The molecule has 51 heavy (non-hydrogen) atoms. The molecule has 0 fully saturated rings. The van der Waals surface area contributed by atoms with E-state index in [0.29, 0.717) is 5.71 Å². The third-order valence-corrected chi connectivity index (χ3v) is 9.68. The van der Waals surface area contributed by atoms with Gasteiger partial charge >= 0.3 is 0 Å². The summed E-state index contributed by atoms with van der Waals surface area (Å²) in [5.41, 5.74) is 12.9. The van der Waals surface area contributed by atoms with Crippen LogP contribution >= 0.6 is 0 Å². The maximum atomic E-state index is 6.35. The van der Waals surface area contributed by atoms with Crippen molar-refractivity contribution in [1.29, 1.82) is 0 Å². The van der Waals surface area contributed by atoms with E-state index in [2.05, 4.69) is 160 Å². The molecule has 10 rings (SSSR count). The monoisotopic (exact) mass is 655 g/mol. The van der Waals surface area contributed by atoms with Crippen LogP contribution in [0.4, 0.5) is 17.1 Å². The molecule has 0 N–H and O–H groups in total. The quantitative estimate of drug-likeness (QED) is 0.178. The number of nitrogens with zero attached hydrogens (tertiary/aromatic N) is 3. The van der Waals surface area contributed by atoms with Crippen molar-refractivity contribution < 1.29 is 8.83 Å². The van der Waals surface area contributed by atoms with Crippen LogP contribution < -0.4 is 4.90 Å². The molecule has 0 amide bonds. The maximum Gasteiger partial charge on any atom is 0.227 e. The molecule has 0 radical (unpaired) electrons. The van der Waals surface area contributed by atoms with E-state index in [1.165, 1.54) is 0 Å². The topological polar surface area (TPSA) is 55.3 Å². The fraction of sp³-hybridized carbons (Fsp3) is 0. The average Bonchev–Trinajstić information content (AvgIpc) is 3.78. The van der Waals surface area contributed by atoms with Gasteiger partial charge in [0.05, 0.1) is 5.69 Å². The Balaban J connectivity index is 1.10. The highest BCUT2D eigenvalue weighted by Gasteiger charge is 2.19. The Kier molecular flexibility index (Phi) is 6.74. The van der Waals surface area contributed by atoms with Crippen molar-refractivity contribution in [3.05, 3.63) is 176 Å². The van der Waals surface area contributed by atoms with E-state index in [1.54, 1.807) is 12.4 Å². The summed E-state index contributed by atoms with van der Waals surface area (Å²) in [6, 6.07) is 55.1. The van der Waals surface area contributed by atoms with Crippen molar-refractivity contribution in [2.75, 3.05) is 4.90 Å². The van der Waals surface area contributed by atoms with Gasteiger partial charge < -0.3 is 13.7 Å². The summed E-state index contributed by atoms with van der Waals surface area (Å²) >= 11 is 0. The van der Waals surface area contributed by atoms with Crippen LogP contribution in [0, 0.1) is 0 Å². The van der Waals surface area contributed by atoms with Crippen molar-refractivity contribution in [3.63, 3.8) is 0 Å². The van der Waals surface area contributed by atoms with Crippen LogP contribution in [0.2, 0.25) is 0 Å². The molecule has 4 heterocycles. The van der Waals surface area contributed by atoms with Gasteiger partial charge in [-0.05, 0) is 65.2 Å². The van der Waals surface area contributed by atoms with Crippen LogP contribution in [-0.4, -0.2) is 9.97 Å². The summed E-state index contributed by atoms with van der Waals surface area (Å²) in [5, 5.41) is 4.17. The number of hydrogen-bond donors (Lipinski definition) is 0. The first-order valence-corrected chi connectivity index (χ1v) is 17.0. The summed E-state index contributed by atoms with van der Waals surface area (Å²) in [5.74, 6) is 0.